The van der Waals surface area contributed by atoms with Crippen LogP contribution < -0.4 is 5.32 Å². The molecule has 0 fully saturated rings. The van der Waals surface area contributed by atoms with E-state index in [4.69, 9.17) is 0 Å². The van der Waals surface area contributed by atoms with Gasteiger partial charge in [0.1, 0.15) is 17.5 Å². The first-order valence-corrected chi connectivity index (χ1v) is 9.69. The van der Waals surface area contributed by atoms with Crippen LogP contribution in [0.3, 0.4) is 0 Å². The molecule has 2 aromatic heterocycles. The van der Waals surface area contributed by atoms with Gasteiger partial charge in [-0.05, 0) is 80.1 Å². The third-order valence-corrected chi connectivity index (χ3v) is 5.08. The molecule has 0 bridgehead atoms. The third-order valence-electron chi connectivity index (χ3n) is 5.08. The number of rotatable bonds is 4. The highest BCUT2D eigenvalue weighted by atomic mass is 19.1. The van der Waals surface area contributed by atoms with Crippen LogP contribution in [0.25, 0.3) is 22.7 Å². The summed E-state index contributed by atoms with van der Waals surface area (Å²) in [7, 11) is 0. The summed E-state index contributed by atoms with van der Waals surface area (Å²) in [5.74, 6) is -0.943. The molecule has 31 heavy (non-hydrogen) atoms. The normalized spacial score (nSPS) is 11.4. The van der Waals surface area contributed by atoms with E-state index in [9.17, 15) is 14.4 Å². The van der Waals surface area contributed by atoms with E-state index in [-0.39, 0.29) is 5.57 Å². The van der Waals surface area contributed by atoms with Gasteiger partial charge in [0.25, 0.3) is 5.91 Å². The molecule has 0 aliphatic heterocycles. The van der Waals surface area contributed by atoms with Gasteiger partial charge in [-0.1, -0.05) is 6.07 Å². The zero-order chi connectivity index (χ0) is 22.0. The van der Waals surface area contributed by atoms with Gasteiger partial charge in [0, 0.05) is 34.3 Å². The number of amides is 1. The Labute approximate surface area is 179 Å². The van der Waals surface area contributed by atoms with E-state index in [2.05, 4.69) is 20.9 Å². The van der Waals surface area contributed by atoms with Crippen molar-refractivity contribution in [2.45, 2.75) is 13.8 Å². The summed E-state index contributed by atoms with van der Waals surface area (Å²) in [6.45, 7) is 3.92. The van der Waals surface area contributed by atoms with Gasteiger partial charge in [-0.2, -0.15) is 5.26 Å². The number of hydrogen-bond donors (Lipinski definition) is 1. The van der Waals surface area contributed by atoms with Crippen LogP contribution in [0.1, 0.15) is 17.0 Å². The number of nitriles is 1. The van der Waals surface area contributed by atoms with E-state index in [1.54, 1.807) is 12.3 Å². The van der Waals surface area contributed by atoms with E-state index in [1.807, 2.05) is 50.2 Å². The first-order chi connectivity index (χ1) is 15.0. The molecule has 4 rings (SSSR count). The number of hydrogen-bond acceptors (Lipinski definition) is 3. The van der Waals surface area contributed by atoms with Crippen molar-refractivity contribution in [1.82, 2.24) is 9.55 Å². The quantitative estimate of drug-likeness (QED) is 0.365. The van der Waals surface area contributed by atoms with Crippen molar-refractivity contribution < 1.29 is 9.18 Å². The minimum atomic E-state index is -0.546. The molecule has 0 saturated heterocycles. The number of pyridine rings is 1. The van der Waals surface area contributed by atoms with Crippen molar-refractivity contribution >= 4 is 28.6 Å². The number of nitrogens with zero attached hydrogens (tertiary/aromatic N) is 3. The number of fused-ring (bicyclic) bond motifs is 1. The Kier molecular flexibility index (Phi) is 5.33. The summed E-state index contributed by atoms with van der Waals surface area (Å²) in [6, 6.07) is 19.2. The molecule has 0 aliphatic rings. The predicted molar refractivity (Wildman–Crippen MR) is 119 cm³/mol. The smallest absolute Gasteiger partial charge is 0.266 e. The van der Waals surface area contributed by atoms with Crippen LogP contribution in [0.2, 0.25) is 0 Å². The molecular weight excluding hydrogens is 391 g/mol. The number of benzene rings is 2. The SMILES string of the molecule is Cc1cc(/C=C(/C#N)C(=O)Nc2ccc(F)cc2)c(C)n1-c1ccc2ncccc2c1. The first kappa shape index (κ1) is 20.0. The molecule has 0 unspecified atom stereocenters. The molecular formula is C25H19FN4O. The Morgan fingerprint density at radius 1 is 1.13 bits per heavy atom. The lowest BCUT2D eigenvalue weighted by atomic mass is 10.1. The van der Waals surface area contributed by atoms with E-state index < -0.39 is 11.7 Å². The van der Waals surface area contributed by atoms with E-state index in [0.717, 1.165) is 33.5 Å². The Balaban J connectivity index is 1.67. The highest BCUT2D eigenvalue weighted by molar-refractivity contribution is 6.09. The molecule has 1 amide bonds. The average molecular weight is 410 g/mol. The van der Waals surface area contributed by atoms with Crippen LogP contribution in [0.4, 0.5) is 10.1 Å². The highest BCUT2D eigenvalue weighted by Gasteiger charge is 2.14. The topological polar surface area (TPSA) is 70.7 Å². The van der Waals surface area contributed by atoms with Gasteiger partial charge in [-0.15, -0.1) is 0 Å². The summed E-state index contributed by atoms with van der Waals surface area (Å²) >= 11 is 0. The fourth-order valence-corrected chi connectivity index (χ4v) is 3.57. The van der Waals surface area contributed by atoms with E-state index >= 15 is 0 Å². The highest BCUT2D eigenvalue weighted by Crippen LogP contribution is 2.25. The molecule has 152 valence electrons. The van der Waals surface area contributed by atoms with Gasteiger partial charge in [-0.25, -0.2) is 4.39 Å². The van der Waals surface area contributed by atoms with Crippen molar-refractivity contribution in [1.29, 1.82) is 5.26 Å². The number of anilines is 1. The fraction of sp³-hybridized carbons (Fsp3) is 0.0800. The Hall–Kier alpha value is -4.24. The summed E-state index contributed by atoms with van der Waals surface area (Å²) in [5, 5.41) is 13.2. The lowest BCUT2D eigenvalue weighted by Crippen LogP contribution is -2.13. The molecule has 0 atom stereocenters. The van der Waals surface area contributed by atoms with Crippen LogP contribution in [0, 0.1) is 31.0 Å². The minimum absolute atomic E-state index is 0.0349. The second-order valence-electron chi connectivity index (χ2n) is 7.17. The molecule has 2 heterocycles. The van der Waals surface area contributed by atoms with Gasteiger partial charge < -0.3 is 9.88 Å². The fourth-order valence-electron chi connectivity index (χ4n) is 3.57. The monoisotopic (exact) mass is 410 g/mol. The van der Waals surface area contributed by atoms with Crippen molar-refractivity contribution in [3.8, 4) is 11.8 Å². The lowest BCUT2D eigenvalue weighted by Gasteiger charge is -2.11. The maximum absolute atomic E-state index is 13.1. The minimum Gasteiger partial charge on any atom is -0.321 e. The molecule has 2 aromatic carbocycles. The van der Waals surface area contributed by atoms with E-state index in [0.29, 0.717) is 5.69 Å². The molecule has 0 radical (unpaired) electrons. The van der Waals surface area contributed by atoms with Gasteiger partial charge in [0.05, 0.1) is 5.52 Å². The summed E-state index contributed by atoms with van der Waals surface area (Å²) in [6.07, 6.45) is 3.33. The van der Waals surface area contributed by atoms with Crippen LogP contribution >= 0.6 is 0 Å². The second kappa shape index (κ2) is 8.25. The zero-order valence-corrected chi connectivity index (χ0v) is 17.1. The summed E-state index contributed by atoms with van der Waals surface area (Å²) < 4.78 is 15.1. The van der Waals surface area contributed by atoms with Crippen LogP contribution in [0.5, 0.6) is 0 Å². The van der Waals surface area contributed by atoms with Gasteiger partial charge in [0.15, 0.2) is 0 Å². The van der Waals surface area contributed by atoms with E-state index in [1.165, 1.54) is 24.3 Å². The molecule has 0 saturated carbocycles. The Morgan fingerprint density at radius 3 is 2.65 bits per heavy atom. The standard InChI is InChI=1S/C25H19FN4O/c1-16-12-19(13-20(15-27)25(31)29-22-7-5-21(26)6-8-22)17(2)30(16)23-9-10-24-18(14-23)4-3-11-28-24/h3-14H,1-2H3,(H,29,31)/b20-13-. The third kappa shape index (κ3) is 4.07. The number of carbonyl (C=O) groups excluding carboxylic acids is 1. The van der Waals surface area contributed by atoms with Gasteiger partial charge >= 0.3 is 0 Å². The number of nitrogens with one attached hydrogen (secondary N) is 1. The average Bonchev–Trinajstić information content (AvgIpc) is 3.06. The maximum atomic E-state index is 13.1. The van der Waals surface area contributed by atoms with Crippen LogP contribution in [0.15, 0.2) is 72.4 Å². The molecule has 1 N–H and O–H groups in total. The predicted octanol–water partition coefficient (Wildman–Crippen LogP) is 5.33. The first-order valence-electron chi connectivity index (χ1n) is 9.69. The maximum Gasteiger partial charge on any atom is 0.266 e. The summed E-state index contributed by atoms with van der Waals surface area (Å²) in [4.78, 5) is 16.9. The largest absolute Gasteiger partial charge is 0.321 e. The van der Waals surface area contributed by atoms with Crippen molar-refractivity contribution in [3.63, 3.8) is 0 Å². The number of halogens is 1. The Morgan fingerprint density at radius 2 is 1.90 bits per heavy atom. The van der Waals surface area contributed by atoms with Crippen LogP contribution in [-0.2, 0) is 4.79 Å². The zero-order valence-electron chi connectivity index (χ0n) is 17.1. The van der Waals surface area contributed by atoms with Crippen molar-refractivity contribution in [2.24, 2.45) is 0 Å². The second-order valence-corrected chi connectivity index (χ2v) is 7.17. The van der Waals surface area contributed by atoms with Crippen molar-refractivity contribution in [3.05, 3.63) is 95.2 Å². The van der Waals surface area contributed by atoms with Crippen LogP contribution in [-0.4, -0.2) is 15.5 Å². The molecule has 0 aliphatic carbocycles. The molecule has 0 spiro atoms. The van der Waals surface area contributed by atoms with Crippen molar-refractivity contribution in [2.75, 3.05) is 5.32 Å². The van der Waals surface area contributed by atoms with Gasteiger partial charge in [-0.3, -0.25) is 9.78 Å². The number of aromatic nitrogens is 2. The Bertz CT molecular complexity index is 1360. The number of carbonyl (C=O) groups is 1. The lowest BCUT2D eigenvalue weighted by molar-refractivity contribution is -0.112. The molecule has 6 heteroatoms. The summed E-state index contributed by atoms with van der Waals surface area (Å²) in [5.41, 5.74) is 4.93. The molecule has 4 aromatic rings. The number of aryl methyl sites for hydroxylation is 1. The molecule has 5 nitrogen and oxygen atoms in total. The van der Waals surface area contributed by atoms with Gasteiger partial charge in [0.2, 0.25) is 0 Å².